The lowest BCUT2D eigenvalue weighted by atomic mass is 9.96. The number of benzene rings is 1. The minimum Gasteiger partial charge on any atom is -0.450 e. The van der Waals surface area contributed by atoms with E-state index in [0.29, 0.717) is 32.4 Å². The zero-order valence-electron chi connectivity index (χ0n) is 27.9. The average Bonchev–Trinajstić information content (AvgIpc) is 3.49. The highest BCUT2D eigenvalue weighted by Crippen LogP contribution is 2.70. The van der Waals surface area contributed by atoms with Crippen molar-refractivity contribution in [1.29, 1.82) is 0 Å². The van der Waals surface area contributed by atoms with Crippen molar-refractivity contribution in [2.45, 2.75) is 121 Å². The number of carbonyl (C=O) groups excluding carboxylic acids is 4. The Morgan fingerprint density at radius 2 is 1.88 bits per heavy atom. The van der Waals surface area contributed by atoms with Gasteiger partial charge in [0.25, 0.3) is 0 Å². The van der Waals surface area contributed by atoms with Gasteiger partial charge in [0.05, 0.1) is 13.2 Å². The first-order valence-electron chi connectivity index (χ1n) is 17.6. The zero-order valence-corrected chi connectivity index (χ0v) is 28.8. The molecule has 6 atom stereocenters. The van der Waals surface area contributed by atoms with Crippen molar-refractivity contribution in [2.75, 3.05) is 13.2 Å². The van der Waals surface area contributed by atoms with E-state index in [1.165, 1.54) is 10.5 Å². The summed E-state index contributed by atoms with van der Waals surface area (Å²) < 4.78 is 24.7. The third-order valence-electron chi connectivity index (χ3n) is 11.2. The maximum Gasteiger partial charge on any atom is 0.410 e. The molecule has 0 aromatic heterocycles. The van der Waals surface area contributed by atoms with Crippen LogP contribution in [0.25, 0.3) is 0 Å². The molecular weight excluding hydrogens is 635 g/mol. The molecule has 1 aromatic rings. The molecule has 4 bridgehead atoms. The van der Waals surface area contributed by atoms with Crippen molar-refractivity contribution in [3.63, 3.8) is 0 Å². The van der Waals surface area contributed by atoms with Crippen molar-refractivity contribution >= 4 is 31.4 Å². The van der Waals surface area contributed by atoms with Gasteiger partial charge in [-0.1, -0.05) is 63.8 Å². The fraction of sp³-hybridized carbons (Fsp3) is 0.657. The van der Waals surface area contributed by atoms with Gasteiger partial charge < -0.3 is 29.9 Å². The summed E-state index contributed by atoms with van der Waals surface area (Å²) in [6.07, 6.45) is 6.71. The fourth-order valence-corrected chi connectivity index (χ4v) is 10.1. The molecule has 3 fully saturated rings. The van der Waals surface area contributed by atoms with Gasteiger partial charge in [0.15, 0.2) is 0 Å². The first-order valence-corrected chi connectivity index (χ1v) is 19.4. The third-order valence-corrected chi connectivity index (χ3v) is 13.5. The molecule has 2 aliphatic carbocycles. The molecule has 2 saturated carbocycles. The number of cyclic esters (lactones) is 1. The van der Waals surface area contributed by atoms with E-state index >= 15 is 0 Å². The van der Waals surface area contributed by atoms with Gasteiger partial charge in [0, 0.05) is 19.5 Å². The van der Waals surface area contributed by atoms with Crippen LogP contribution in [0, 0.1) is 11.8 Å². The summed E-state index contributed by atoms with van der Waals surface area (Å²) in [5.74, 6) is -0.369. The summed E-state index contributed by atoms with van der Waals surface area (Å²) in [5.41, 5.74) is 3.43. The van der Waals surface area contributed by atoms with Crippen molar-refractivity contribution < 1.29 is 38.1 Å². The quantitative estimate of drug-likeness (QED) is 0.347. The van der Waals surface area contributed by atoms with E-state index in [0.717, 1.165) is 68.3 Å². The third kappa shape index (κ3) is 6.88. The normalized spacial score (nSPS) is 31.3. The molecule has 1 unspecified atom stereocenters. The number of rotatable bonds is 6. The largest absolute Gasteiger partial charge is 0.450 e. The molecule has 0 spiro atoms. The lowest BCUT2D eigenvalue weighted by molar-refractivity contribution is -0.141. The highest BCUT2D eigenvalue weighted by atomic mass is 31.2. The van der Waals surface area contributed by atoms with E-state index in [9.17, 15) is 28.6 Å². The molecule has 5 aliphatic rings. The van der Waals surface area contributed by atoms with Crippen LogP contribution in [0.1, 0.15) is 94.2 Å². The molecule has 1 aromatic carbocycles. The van der Waals surface area contributed by atoms with E-state index in [1.807, 2.05) is 19.1 Å². The smallest absolute Gasteiger partial charge is 0.410 e. The van der Waals surface area contributed by atoms with Gasteiger partial charge in [-0.25, -0.2) is 9.59 Å². The summed E-state index contributed by atoms with van der Waals surface area (Å²) in [6, 6.07) is 4.15. The molecule has 3 N–H and O–H groups in total. The van der Waals surface area contributed by atoms with Crippen LogP contribution >= 0.6 is 7.37 Å². The molecular formula is C35H49N4O8P. The number of nitrogens with one attached hydrogen (secondary N) is 2. The Labute approximate surface area is 282 Å². The van der Waals surface area contributed by atoms with Crippen LogP contribution in [0.4, 0.5) is 9.59 Å². The molecule has 12 nitrogen and oxygen atoms in total. The van der Waals surface area contributed by atoms with Crippen LogP contribution in [-0.2, 0) is 43.1 Å². The van der Waals surface area contributed by atoms with Crippen LogP contribution in [0.5, 0.6) is 0 Å². The van der Waals surface area contributed by atoms with Crippen molar-refractivity contribution in [3.8, 4) is 0 Å². The number of ether oxygens (including phenoxy) is 2. The van der Waals surface area contributed by atoms with Crippen molar-refractivity contribution in [2.24, 2.45) is 11.8 Å². The van der Waals surface area contributed by atoms with E-state index in [-0.39, 0.29) is 31.4 Å². The first kappa shape index (κ1) is 34.5. The predicted molar refractivity (Wildman–Crippen MR) is 178 cm³/mol. The Morgan fingerprint density at radius 1 is 1.12 bits per heavy atom. The van der Waals surface area contributed by atoms with Crippen molar-refractivity contribution in [3.05, 3.63) is 47.3 Å². The summed E-state index contributed by atoms with van der Waals surface area (Å²) in [6.45, 7) is 6.49. The van der Waals surface area contributed by atoms with Crippen LogP contribution < -0.4 is 10.6 Å². The summed E-state index contributed by atoms with van der Waals surface area (Å²) in [7, 11) is -3.96. The number of hydrogen-bond donors (Lipinski definition) is 3. The standard InChI is InChI=1S/C35H49N4O8P/c1-3-26-19-35(26,48(44,45)4-2)37-31(40)29-18-27-21-39(29)32(41)30(24-13-8-9-14-24)36-33(42)46-17-10-6-5-7-12-23-15-11-16-25-20-38(22-28(23)25)34(43)47-27/h4,11,15-16,24,26-27,29-30H,2-3,5-10,12-14,17-22H2,1H3,(H,36,42)(H,37,40)(H,44,45)/t26-,27+,29-,30-,35+/m0/s1. The topological polar surface area (TPSA) is 155 Å². The first-order chi connectivity index (χ1) is 23.1. The predicted octanol–water partition coefficient (Wildman–Crippen LogP) is 5.17. The second kappa shape index (κ2) is 14.2. The number of nitrogens with zero attached hydrogens (tertiary/aromatic N) is 2. The zero-order chi connectivity index (χ0) is 34.1. The van der Waals surface area contributed by atoms with Gasteiger partial charge in [0.2, 0.25) is 19.2 Å². The lowest BCUT2D eigenvalue weighted by Gasteiger charge is -2.32. The Kier molecular flexibility index (Phi) is 10.2. The Morgan fingerprint density at radius 3 is 2.60 bits per heavy atom. The number of alkyl carbamates (subject to hydrolysis) is 1. The monoisotopic (exact) mass is 684 g/mol. The highest BCUT2D eigenvalue weighted by Gasteiger charge is 2.65. The molecule has 3 heterocycles. The number of fused-ring (bicyclic) bond motifs is 3. The summed E-state index contributed by atoms with van der Waals surface area (Å²) >= 11 is 0. The molecule has 1 saturated heterocycles. The van der Waals surface area contributed by atoms with Gasteiger partial charge in [-0.2, -0.15) is 0 Å². The molecule has 6 rings (SSSR count). The average molecular weight is 685 g/mol. The van der Waals surface area contributed by atoms with Crippen molar-refractivity contribution in [1.82, 2.24) is 20.4 Å². The Bertz CT molecular complexity index is 1480. The van der Waals surface area contributed by atoms with Gasteiger partial charge in [0.1, 0.15) is 23.5 Å². The molecule has 13 heteroatoms. The van der Waals surface area contributed by atoms with Crippen LogP contribution in [0.2, 0.25) is 0 Å². The molecule has 262 valence electrons. The maximum atomic E-state index is 14.4. The van der Waals surface area contributed by atoms with Gasteiger partial charge in [-0.05, 0) is 72.9 Å². The van der Waals surface area contributed by atoms with E-state index in [4.69, 9.17) is 9.47 Å². The second-order valence-electron chi connectivity index (χ2n) is 14.2. The fourth-order valence-electron chi connectivity index (χ4n) is 8.29. The van der Waals surface area contributed by atoms with Gasteiger partial charge in [-0.15, -0.1) is 0 Å². The minimum atomic E-state index is -3.96. The molecule has 0 radical (unpaired) electrons. The van der Waals surface area contributed by atoms with Crippen LogP contribution in [-0.4, -0.2) is 75.3 Å². The second-order valence-corrected chi connectivity index (χ2v) is 16.6. The summed E-state index contributed by atoms with van der Waals surface area (Å²) in [4.78, 5) is 68.9. The van der Waals surface area contributed by atoms with E-state index in [1.54, 1.807) is 4.90 Å². The number of hydrogen-bond acceptors (Lipinski definition) is 7. The number of aryl methyl sites for hydroxylation is 1. The van der Waals surface area contributed by atoms with Crippen LogP contribution in [0.3, 0.4) is 0 Å². The Balaban J connectivity index is 1.28. The highest BCUT2D eigenvalue weighted by molar-refractivity contribution is 7.63. The maximum absolute atomic E-state index is 14.4. The van der Waals surface area contributed by atoms with E-state index in [2.05, 4.69) is 23.3 Å². The number of amides is 4. The Hall–Kier alpha value is -3.37. The molecule has 4 amide bonds. The SMILES string of the molecule is C=CP(=O)(O)[C@]1(NC(=O)[C@@H]2C[C@@H]3CN2C(=O)[C@H](C2CCCC2)NC(=O)OCCCCCCc2cccc4c2CN(C4)C(=O)O3)C[C@@H]1CC. The molecule has 48 heavy (non-hydrogen) atoms. The van der Waals surface area contributed by atoms with Gasteiger partial charge >= 0.3 is 12.2 Å². The minimum absolute atomic E-state index is 0.0217. The van der Waals surface area contributed by atoms with Gasteiger partial charge in [-0.3, -0.25) is 19.1 Å². The summed E-state index contributed by atoms with van der Waals surface area (Å²) in [5, 5.41) is 4.32. The van der Waals surface area contributed by atoms with E-state index < -0.39 is 54.8 Å². The lowest BCUT2D eigenvalue weighted by Crippen LogP contribution is -2.56. The molecule has 3 aliphatic heterocycles. The van der Waals surface area contributed by atoms with Crippen LogP contribution in [0.15, 0.2) is 30.6 Å². The number of carbonyl (C=O) groups is 4.